The molecule has 1 unspecified atom stereocenters. The Kier molecular flexibility index (Phi) is 6.21. The lowest BCUT2D eigenvalue weighted by molar-refractivity contribution is 0.129. The van der Waals surface area contributed by atoms with E-state index in [9.17, 15) is 0 Å². The molecule has 3 heteroatoms. The molecule has 2 nitrogen and oxygen atoms in total. The molecule has 0 saturated carbocycles. The second-order valence-corrected chi connectivity index (χ2v) is 6.30. The highest BCUT2D eigenvalue weighted by Gasteiger charge is 2.16. The summed E-state index contributed by atoms with van der Waals surface area (Å²) in [6.07, 6.45) is 4.10. The largest absolute Gasteiger partial charge is 0.377 e. The van der Waals surface area contributed by atoms with Gasteiger partial charge in [0.2, 0.25) is 0 Å². The van der Waals surface area contributed by atoms with Crippen LogP contribution in [0.2, 0.25) is 0 Å². The Morgan fingerprint density at radius 2 is 2.32 bits per heavy atom. The Bertz CT molecular complexity index is 388. The topological polar surface area (TPSA) is 21.3 Å². The first-order valence-corrected chi connectivity index (χ1v) is 8.33. The van der Waals surface area contributed by atoms with Crippen molar-refractivity contribution in [1.29, 1.82) is 0 Å². The van der Waals surface area contributed by atoms with Crippen molar-refractivity contribution in [2.24, 2.45) is 0 Å². The highest BCUT2D eigenvalue weighted by Crippen LogP contribution is 2.27. The van der Waals surface area contributed by atoms with E-state index in [1.807, 2.05) is 11.8 Å². The first-order chi connectivity index (χ1) is 9.29. The SMILES string of the molecule is CCCNCc1cc(C)ccc1SCC1CCCO1. The number of rotatable bonds is 7. The molecule has 1 N–H and O–H groups in total. The zero-order chi connectivity index (χ0) is 13.5. The van der Waals surface area contributed by atoms with Crippen molar-refractivity contribution in [3.63, 3.8) is 0 Å². The average molecular weight is 279 g/mol. The van der Waals surface area contributed by atoms with Gasteiger partial charge in [-0.25, -0.2) is 0 Å². The molecule has 1 heterocycles. The van der Waals surface area contributed by atoms with Crippen LogP contribution >= 0.6 is 11.8 Å². The zero-order valence-corrected chi connectivity index (χ0v) is 12.9. The normalized spacial score (nSPS) is 18.9. The summed E-state index contributed by atoms with van der Waals surface area (Å²) >= 11 is 1.95. The van der Waals surface area contributed by atoms with E-state index < -0.39 is 0 Å². The molecule has 1 fully saturated rings. The predicted octanol–water partition coefficient (Wildman–Crippen LogP) is 3.77. The lowest BCUT2D eigenvalue weighted by atomic mass is 10.1. The predicted molar refractivity (Wildman–Crippen MR) is 82.9 cm³/mol. The number of thioether (sulfide) groups is 1. The van der Waals surface area contributed by atoms with Crippen molar-refractivity contribution in [3.05, 3.63) is 29.3 Å². The van der Waals surface area contributed by atoms with E-state index in [1.165, 1.54) is 35.3 Å². The van der Waals surface area contributed by atoms with E-state index in [1.54, 1.807) is 0 Å². The summed E-state index contributed by atoms with van der Waals surface area (Å²) in [4.78, 5) is 1.41. The molecule has 106 valence electrons. The van der Waals surface area contributed by atoms with Gasteiger partial charge in [0.1, 0.15) is 0 Å². The van der Waals surface area contributed by atoms with E-state index in [4.69, 9.17) is 4.74 Å². The molecule has 0 amide bonds. The number of nitrogens with one attached hydrogen (secondary N) is 1. The van der Waals surface area contributed by atoms with Crippen LogP contribution in [-0.2, 0) is 11.3 Å². The van der Waals surface area contributed by atoms with Crippen molar-refractivity contribution < 1.29 is 4.74 Å². The quantitative estimate of drug-likeness (QED) is 0.606. The Labute approximate surface area is 121 Å². The van der Waals surface area contributed by atoms with Crippen LogP contribution in [0.5, 0.6) is 0 Å². The molecule has 1 aromatic rings. The molecule has 1 aliphatic heterocycles. The second-order valence-electron chi connectivity index (χ2n) is 5.23. The van der Waals surface area contributed by atoms with Crippen LogP contribution in [0.15, 0.2) is 23.1 Å². The van der Waals surface area contributed by atoms with Gasteiger partial charge in [-0.2, -0.15) is 0 Å². The summed E-state index contributed by atoms with van der Waals surface area (Å²) < 4.78 is 5.70. The number of hydrogen-bond acceptors (Lipinski definition) is 3. The molecule has 2 rings (SSSR count). The number of benzene rings is 1. The average Bonchev–Trinajstić information content (AvgIpc) is 2.91. The molecular weight excluding hydrogens is 254 g/mol. The third-order valence-electron chi connectivity index (χ3n) is 3.41. The molecular formula is C16H25NOS. The van der Waals surface area contributed by atoms with Crippen LogP contribution < -0.4 is 5.32 Å². The van der Waals surface area contributed by atoms with Gasteiger partial charge >= 0.3 is 0 Å². The summed E-state index contributed by atoms with van der Waals surface area (Å²) in [5.41, 5.74) is 2.77. The molecule has 0 spiro atoms. The Hall–Kier alpha value is -0.510. The van der Waals surface area contributed by atoms with Crippen LogP contribution in [0.1, 0.15) is 37.3 Å². The van der Waals surface area contributed by atoms with Crippen LogP contribution in [0.3, 0.4) is 0 Å². The summed E-state index contributed by atoms with van der Waals surface area (Å²) in [6.45, 7) is 7.38. The van der Waals surface area contributed by atoms with Crippen molar-refractivity contribution in [1.82, 2.24) is 5.32 Å². The van der Waals surface area contributed by atoms with E-state index in [2.05, 4.69) is 37.4 Å². The van der Waals surface area contributed by atoms with Crippen LogP contribution in [0, 0.1) is 6.92 Å². The van der Waals surface area contributed by atoms with Gasteiger partial charge in [0.05, 0.1) is 6.10 Å². The van der Waals surface area contributed by atoms with Gasteiger partial charge in [0, 0.05) is 23.8 Å². The monoisotopic (exact) mass is 279 g/mol. The lowest BCUT2D eigenvalue weighted by Gasteiger charge is -2.13. The molecule has 19 heavy (non-hydrogen) atoms. The fourth-order valence-corrected chi connectivity index (χ4v) is 3.45. The summed E-state index contributed by atoms with van der Waals surface area (Å²) in [7, 11) is 0. The molecule has 0 aromatic heterocycles. The van der Waals surface area contributed by atoms with Gasteiger partial charge in [0.15, 0.2) is 0 Å². The van der Waals surface area contributed by atoms with E-state index in [0.717, 1.165) is 25.4 Å². The smallest absolute Gasteiger partial charge is 0.0669 e. The molecule has 1 atom stereocenters. The van der Waals surface area contributed by atoms with Crippen molar-refractivity contribution in [3.8, 4) is 0 Å². The van der Waals surface area contributed by atoms with Crippen molar-refractivity contribution in [2.45, 2.75) is 50.7 Å². The third kappa shape index (κ3) is 4.83. The minimum atomic E-state index is 0.461. The maximum Gasteiger partial charge on any atom is 0.0669 e. The summed E-state index contributed by atoms with van der Waals surface area (Å²) in [5, 5.41) is 3.50. The molecule has 1 aromatic carbocycles. The standard InChI is InChI=1S/C16H25NOS/c1-3-8-17-11-14-10-13(2)6-7-16(14)19-12-15-5-4-9-18-15/h6-7,10,15,17H,3-5,8-9,11-12H2,1-2H3. The first kappa shape index (κ1) is 14.9. The second kappa shape index (κ2) is 7.93. The molecule has 1 aliphatic rings. The van der Waals surface area contributed by atoms with Crippen LogP contribution in [0.4, 0.5) is 0 Å². The number of ether oxygens (including phenoxy) is 1. The van der Waals surface area contributed by atoms with Gasteiger partial charge in [-0.3, -0.25) is 0 Å². The first-order valence-electron chi connectivity index (χ1n) is 7.34. The van der Waals surface area contributed by atoms with E-state index >= 15 is 0 Å². The van der Waals surface area contributed by atoms with Gasteiger partial charge < -0.3 is 10.1 Å². The number of aryl methyl sites for hydroxylation is 1. The fraction of sp³-hybridized carbons (Fsp3) is 0.625. The third-order valence-corrected chi connectivity index (χ3v) is 4.65. The van der Waals surface area contributed by atoms with E-state index in [-0.39, 0.29) is 0 Å². The Morgan fingerprint density at radius 3 is 3.05 bits per heavy atom. The minimum Gasteiger partial charge on any atom is -0.377 e. The lowest BCUT2D eigenvalue weighted by Crippen LogP contribution is -2.15. The summed E-state index contributed by atoms with van der Waals surface area (Å²) in [6, 6.07) is 6.78. The number of hydrogen-bond donors (Lipinski definition) is 1. The van der Waals surface area contributed by atoms with Crippen molar-refractivity contribution in [2.75, 3.05) is 18.9 Å². The maximum atomic E-state index is 5.70. The Balaban J connectivity index is 1.92. The maximum absolute atomic E-state index is 5.70. The zero-order valence-electron chi connectivity index (χ0n) is 12.1. The molecule has 0 bridgehead atoms. The molecule has 0 radical (unpaired) electrons. The minimum absolute atomic E-state index is 0.461. The van der Waals surface area contributed by atoms with E-state index in [0.29, 0.717) is 6.10 Å². The highest BCUT2D eigenvalue weighted by atomic mass is 32.2. The molecule has 0 aliphatic carbocycles. The fourth-order valence-electron chi connectivity index (χ4n) is 2.35. The Morgan fingerprint density at radius 1 is 1.42 bits per heavy atom. The highest BCUT2D eigenvalue weighted by molar-refractivity contribution is 7.99. The van der Waals surface area contributed by atoms with Crippen LogP contribution in [0.25, 0.3) is 0 Å². The van der Waals surface area contributed by atoms with Crippen LogP contribution in [-0.4, -0.2) is 25.0 Å². The van der Waals surface area contributed by atoms with Gasteiger partial charge in [-0.1, -0.05) is 24.6 Å². The van der Waals surface area contributed by atoms with Gasteiger partial charge in [0.25, 0.3) is 0 Å². The van der Waals surface area contributed by atoms with Crippen molar-refractivity contribution >= 4 is 11.8 Å². The van der Waals surface area contributed by atoms with Gasteiger partial charge in [-0.15, -0.1) is 11.8 Å². The summed E-state index contributed by atoms with van der Waals surface area (Å²) in [5.74, 6) is 1.09. The molecule has 1 saturated heterocycles. The van der Waals surface area contributed by atoms with Gasteiger partial charge in [-0.05, 0) is 44.4 Å².